The zero-order chi connectivity index (χ0) is 19.0. The maximum atomic E-state index is 11.8. The molecule has 3 heteroatoms. The molecule has 0 aromatic rings. The van der Waals surface area contributed by atoms with E-state index in [2.05, 4.69) is 13.5 Å². The van der Waals surface area contributed by atoms with Crippen molar-refractivity contribution in [3.05, 3.63) is 12.3 Å². The van der Waals surface area contributed by atoms with Crippen molar-refractivity contribution in [2.75, 3.05) is 7.11 Å². The average molecular weight is 367 g/mol. The molecule has 0 N–H and O–H groups in total. The average Bonchev–Trinajstić information content (AvgIpc) is 2.96. The van der Waals surface area contributed by atoms with E-state index in [9.17, 15) is 4.79 Å². The van der Waals surface area contributed by atoms with Crippen LogP contribution in [0.3, 0.4) is 0 Å². The lowest BCUT2D eigenvalue weighted by Gasteiger charge is -2.18. The first-order valence-electron chi connectivity index (χ1n) is 11.1. The number of cyclic esters (lactones) is 1. The van der Waals surface area contributed by atoms with Gasteiger partial charge in [-0.1, -0.05) is 103 Å². The lowest BCUT2D eigenvalue weighted by Crippen LogP contribution is -2.26. The zero-order valence-electron chi connectivity index (χ0n) is 17.4. The molecular formula is C23H42O3. The summed E-state index contributed by atoms with van der Waals surface area (Å²) in [6, 6.07) is 0. The van der Waals surface area contributed by atoms with Gasteiger partial charge in [-0.05, 0) is 6.42 Å². The summed E-state index contributed by atoms with van der Waals surface area (Å²) in [5.41, 5.74) is 0. The Kier molecular flexibility index (Phi) is 13.6. The van der Waals surface area contributed by atoms with Crippen molar-refractivity contribution in [3.8, 4) is 0 Å². The summed E-state index contributed by atoms with van der Waals surface area (Å²) in [7, 11) is 1.70. The van der Waals surface area contributed by atoms with E-state index in [1.807, 2.05) is 0 Å². The van der Waals surface area contributed by atoms with Crippen LogP contribution in [0.1, 0.15) is 110 Å². The second kappa shape index (κ2) is 15.2. The number of unbranched alkanes of at least 4 members (excludes halogenated alkanes) is 13. The van der Waals surface area contributed by atoms with E-state index in [0.29, 0.717) is 12.2 Å². The minimum atomic E-state index is -0.160. The number of ether oxygens (including phenoxy) is 2. The number of methoxy groups -OCH3 is 1. The molecule has 0 radical (unpaired) electrons. The molecule has 1 heterocycles. The third-order valence-corrected chi connectivity index (χ3v) is 5.59. The predicted octanol–water partition coefficient (Wildman–Crippen LogP) is 6.95. The Balaban J connectivity index is 1.88. The maximum absolute atomic E-state index is 11.8. The number of hydrogen-bond acceptors (Lipinski definition) is 3. The van der Waals surface area contributed by atoms with E-state index >= 15 is 0 Å². The molecule has 1 aliphatic rings. The van der Waals surface area contributed by atoms with Crippen molar-refractivity contribution in [1.82, 2.24) is 0 Å². The molecule has 1 rings (SSSR count). The first-order chi connectivity index (χ1) is 12.7. The fourth-order valence-corrected chi connectivity index (χ4v) is 3.89. The van der Waals surface area contributed by atoms with Crippen LogP contribution in [0, 0.1) is 5.92 Å². The summed E-state index contributed by atoms with van der Waals surface area (Å²) in [5.74, 6) is 0.282. The number of hydrogen-bond donors (Lipinski definition) is 0. The van der Waals surface area contributed by atoms with E-state index < -0.39 is 0 Å². The lowest BCUT2D eigenvalue weighted by molar-refractivity contribution is -0.142. The highest BCUT2D eigenvalue weighted by atomic mass is 16.5. The molecule has 152 valence electrons. The Hall–Kier alpha value is -0.830. The van der Waals surface area contributed by atoms with Gasteiger partial charge in [-0.2, -0.15) is 0 Å². The Bertz CT molecular complexity index is 378. The zero-order valence-corrected chi connectivity index (χ0v) is 17.4. The maximum Gasteiger partial charge on any atom is 0.317 e. The van der Waals surface area contributed by atoms with Crippen LogP contribution >= 0.6 is 0 Å². The Morgan fingerprint density at radius 1 is 0.923 bits per heavy atom. The summed E-state index contributed by atoms with van der Waals surface area (Å²) in [6.07, 6.45) is 20.6. The van der Waals surface area contributed by atoms with E-state index in [-0.39, 0.29) is 18.0 Å². The van der Waals surface area contributed by atoms with Gasteiger partial charge in [0.1, 0.15) is 5.76 Å². The normalized spacial score (nSPS) is 18.3. The molecule has 0 aliphatic carbocycles. The topological polar surface area (TPSA) is 35.5 Å². The second-order valence-corrected chi connectivity index (χ2v) is 7.93. The lowest BCUT2D eigenvalue weighted by atomic mass is 9.95. The molecule has 3 nitrogen and oxygen atoms in total. The molecule has 1 fully saturated rings. The van der Waals surface area contributed by atoms with Gasteiger partial charge in [-0.3, -0.25) is 4.79 Å². The molecule has 0 spiro atoms. The van der Waals surface area contributed by atoms with E-state index in [4.69, 9.17) is 9.47 Å². The minimum Gasteiger partial charge on any atom is -0.431 e. The smallest absolute Gasteiger partial charge is 0.317 e. The van der Waals surface area contributed by atoms with Crippen molar-refractivity contribution >= 4 is 5.97 Å². The number of esters is 1. The van der Waals surface area contributed by atoms with Crippen LogP contribution in [0.5, 0.6) is 0 Å². The largest absolute Gasteiger partial charge is 0.431 e. The molecule has 0 saturated carbocycles. The summed E-state index contributed by atoms with van der Waals surface area (Å²) in [4.78, 5) is 11.8. The third-order valence-electron chi connectivity index (χ3n) is 5.59. The van der Waals surface area contributed by atoms with Gasteiger partial charge in [0.05, 0.1) is 12.0 Å². The fraction of sp³-hybridized carbons (Fsp3) is 0.870. The fourth-order valence-electron chi connectivity index (χ4n) is 3.89. The third kappa shape index (κ3) is 10.4. The Morgan fingerprint density at radius 2 is 1.38 bits per heavy atom. The molecular weight excluding hydrogens is 324 g/mol. The van der Waals surface area contributed by atoms with Gasteiger partial charge in [0.25, 0.3) is 0 Å². The van der Waals surface area contributed by atoms with Crippen molar-refractivity contribution in [1.29, 1.82) is 0 Å². The highest BCUT2D eigenvalue weighted by Crippen LogP contribution is 2.29. The summed E-state index contributed by atoms with van der Waals surface area (Å²) >= 11 is 0. The molecule has 1 aliphatic heterocycles. The van der Waals surface area contributed by atoms with Crippen LogP contribution in [0.25, 0.3) is 0 Å². The first-order valence-corrected chi connectivity index (χ1v) is 11.1. The molecule has 26 heavy (non-hydrogen) atoms. The SMILES string of the molecule is C=C1CC(C(CCCCCCCCCCCCCCCC)OC)C(=O)O1. The Labute approximate surface area is 161 Å². The number of carbonyl (C=O) groups excluding carboxylic acids is 1. The molecule has 0 amide bonds. The molecule has 0 aromatic heterocycles. The van der Waals surface area contributed by atoms with Crippen molar-refractivity contribution in [3.63, 3.8) is 0 Å². The highest BCUT2D eigenvalue weighted by Gasteiger charge is 2.36. The molecule has 2 atom stereocenters. The molecule has 2 unspecified atom stereocenters. The van der Waals surface area contributed by atoms with Crippen LogP contribution < -0.4 is 0 Å². The predicted molar refractivity (Wildman–Crippen MR) is 109 cm³/mol. The Morgan fingerprint density at radius 3 is 1.77 bits per heavy atom. The monoisotopic (exact) mass is 366 g/mol. The van der Waals surface area contributed by atoms with Crippen LogP contribution in [-0.2, 0) is 14.3 Å². The second-order valence-electron chi connectivity index (χ2n) is 7.93. The van der Waals surface area contributed by atoms with Crippen LogP contribution in [0.4, 0.5) is 0 Å². The number of carbonyl (C=O) groups is 1. The minimum absolute atomic E-state index is 0.0147. The van der Waals surface area contributed by atoms with E-state index in [1.165, 1.54) is 83.5 Å². The molecule has 1 saturated heterocycles. The van der Waals surface area contributed by atoms with Gasteiger partial charge >= 0.3 is 5.97 Å². The van der Waals surface area contributed by atoms with Crippen LogP contribution in [0.15, 0.2) is 12.3 Å². The quantitative estimate of drug-likeness (QED) is 0.206. The van der Waals surface area contributed by atoms with Crippen molar-refractivity contribution < 1.29 is 14.3 Å². The molecule has 0 aromatic carbocycles. The summed E-state index contributed by atoms with van der Waals surface area (Å²) in [6.45, 7) is 6.02. The van der Waals surface area contributed by atoms with E-state index in [1.54, 1.807) is 7.11 Å². The van der Waals surface area contributed by atoms with Crippen LogP contribution in [-0.4, -0.2) is 19.2 Å². The highest BCUT2D eigenvalue weighted by molar-refractivity contribution is 5.77. The van der Waals surface area contributed by atoms with Crippen molar-refractivity contribution in [2.24, 2.45) is 5.92 Å². The number of rotatable bonds is 17. The van der Waals surface area contributed by atoms with Gasteiger partial charge in [-0.15, -0.1) is 0 Å². The van der Waals surface area contributed by atoms with Gasteiger partial charge < -0.3 is 9.47 Å². The van der Waals surface area contributed by atoms with E-state index in [0.717, 1.165) is 12.8 Å². The van der Waals surface area contributed by atoms with Crippen molar-refractivity contribution in [2.45, 2.75) is 116 Å². The van der Waals surface area contributed by atoms with Gasteiger partial charge in [0.2, 0.25) is 0 Å². The number of allylic oxidation sites excluding steroid dienone is 1. The summed E-state index contributed by atoms with van der Waals surface area (Å²) < 4.78 is 10.6. The van der Waals surface area contributed by atoms with Gasteiger partial charge in [-0.25, -0.2) is 0 Å². The molecule has 0 bridgehead atoms. The van der Waals surface area contributed by atoms with Gasteiger partial charge in [0, 0.05) is 13.5 Å². The summed E-state index contributed by atoms with van der Waals surface area (Å²) in [5, 5.41) is 0. The standard InChI is InChI=1S/C23H42O3/c1-4-5-6-7-8-9-10-11-12-13-14-15-16-17-18-22(25-3)21-19-20(2)26-23(21)24/h21-22H,2,4-19H2,1,3H3. The first kappa shape index (κ1) is 23.2. The van der Waals surface area contributed by atoms with Crippen LogP contribution in [0.2, 0.25) is 0 Å². The van der Waals surface area contributed by atoms with Gasteiger partial charge in [0.15, 0.2) is 0 Å².